The van der Waals surface area contributed by atoms with Crippen LogP contribution in [-0.4, -0.2) is 212 Å². The number of rotatable bonds is 22. The minimum atomic E-state index is -0.597. The van der Waals surface area contributed by atoms with Crippen molar-refractivity contribution in [2.45, 2.75) is 103 Å². The molecule has 4 heterocycles. The van der Waals surface area contributed by atoms with E-state index in [0.29, 0.717) is 59.2 Å². The van der Waals surface area contributed by atoms with Gasteiger partial charge in [0.05, 0.1) is 53.9 Å². The Bertz CT molecular complexity index is 1730. The number of carbonyl (C=O) groups is 6. The Labute approximate surface area is 440 Å². The summed E-state index contributed by atoms with van der Waals surface area (Å²) in [5, 5.41) is 11.9. The van der Waals surface area contributed by atoms with Crippen molar-refractivity contribution in [3.05, 3.63) is 71.8 Å². The van der Waals surface area contributed by atoms with Crippen LogP contribution in [0.2, 0.25) is 0 Å². The van der Waals surface area contributed by atoms with Crippen molar-refractivity contribution in [1.82, 2.24) is 40.9 Å². The van der Waals surface area contributed by atoms with Gasteiger partial charge in [-0.2, -0.15) is 0 Å². The number of esters is 4. The van der Waals surface area contributed by atoms with E-state index in [-0.39, 0.29) is 41.8 Å². The highest BCUT2D eigenvalue weighted by atomic mass is 16.5. The van der Waals surface area contributed by atoms with E-state index in [4.69, 9.17) is 18.9 Å². The normalized spacial score (nSPS) is 18.0. The summed E-state index contributed by atoms with van der Waals surface area (Å²) in [4.78, 5) is 77.9. The van der Waals surface area contributed by atoms with Crippen LogP contribution in [0.4, 0.5) is 0 Å². The number of piperidine rings is 2. The molecular weight excluding hydrogens is 953 g/mol. The van der Waals surface area contributed by atoms with Crippen molar-refractivity contribution in [1.29, 1.82) is 0 Å². The van der Waals surface area contributed by atoms with Gasteiger partial charge in [0, 0.05) is 79.3 Å². The SMILES string of the molecule is CCOC(=O)C(CN1CCCCC1)NCc1ccccc1.CCOC(=O)C(CN1CCOCC1)NCc1ccccc1.COC(=O)C(CN1CCCCC1)NC(C)=O.COC(=O)C(CN1CCOCC1)NC(C)=O. The molecule has 20 nitrogen and oxygen atoms in total. The van der Waals surface area contributed by atoms with Gasteiger partial charge in [-0.3, -0.25) is 39.6 Å². The molecule has 4 fully saturated rings. The third kappa shape index (κ3) is 27.5. The van der Waals surface area contributed by atoms with Crippen LogP contribution in [0.1, 0.15) is 77.3 Å². The molecule has 0 spiro atoms. The van der Waals surface area contributed by atoms with Gasteiger partial charge in [0.2, 0.25) is 11.8 Å². The molecule has 6 rings (SSSR count). The highest BCUT2D eigenvalue weighted by molar-refractivity contribution is 5.84. The lowest BCUT2D eigenvalue weighted by Crippen LogP contribution is -2.50. The third-order valence-electron chi connectivity index (χ3n) is 12.5. The Morgan fingerprint density at radius 2 is 0.770 bits per heavy atom. The quantitative estimate of drug-likeness (QED) is 0.0983. The Morgan fingerprint density at radius 3 is 1.07 bits per heavy atom. The number of nitrogens with zero attached hydrogens (tertiary/aromatic N) is 4. The zero-order chi connectivity index (χ0) is 53.8. The van der Waals surface area contributed by atoms with Crippen molar-refractivity contribution in [3.8, 4) is 0 Å². The molecule has 0 saturated carbocycles. The summed E-state index contributed by atoms with van der Waals surface area (Å²) in [5.41, 5.74) is 2.35. The van der Waals surface area contributed by atoms with E-state index < -0.39 is 18.1 Å². The summed E-state index contributed by atoms with van der Waals surface area (Å²) in [6.45, 7) is 21.3. The maximum atomic E-state index is 12.1. The number of likely N-dealkylation sites (tertiary alicyclic amines) is 2. The molecule has 4 saturated heterocycles. The topological polar surface area (TPSA) is 219 Å². The molecule has 4 N–H and O–H groups in total. The molecule has 0 radical (unpaired) electrons. The summed E-state index contributed by atoms with van der Waals surface area (Å²) in [6, 6.07) is 18.5. The fraction of sp³-hybridized carbons (Fsp3) is 0.667. The van der Waals surface area contributed by atoms with E-state index >= 15 is 0 Å². The molecule has 4 aliphatic heterocycles. The predicted molar refractivity (Wildman–Crippen MR) is 282 cm³/mol. The first-order valence-corrected chi connectivity index (χ1v) is 26.5. The third-order valence-corrected chi connectivity index (χ3v) is 12.5. The van der Waals surface area contributed by atoms with Gasteiger partial charge in [-0.1, -0.05) is 73.5 Å². The second-order valence-electron chi connectivity index (χ2n) is 18.4. The first-order chi connectivity index (χ1) is 35.8. The lowest BCUT2D eigenvalue weighted by molar-refractivity contribution is -0.147. The highest BCUT2D eigenvalue weighted by Gasteiger charge is 2.27. The van der Waals surface area contributed by atoms with E-state index in [0.717, 1.165) is 90.5 Å². The van der Waals surface area contributed by atoms with Crippen LogP contribution in [0.25, 0.3) is 0 Å². The number of ether oxygens (including phenoxy) is 6. The lowest BCUT2D eigenvalue weighted by atomic mass is 10.1. The largest absolute Gasteiger partial charge is 0.467 e. The van der Waals surface area contributed by atoms with Crippen LogP contribution < -0.4 is 21.3 Å². The van der Waals surface area contributed by atoms with Gasteiger partial charge in [0.15, 0.2) is 0 Å². The fourth-order valence-corrected chi connectivity index (χ4v) is 8.62. The van der Waals surface area contributed by atoms with Crippen molar-refractivity contribution < 1.29 is 57.2 Å². The number of nitrogens with one attached hydrogen (secondary N) is 4. The Kier molecular flexibility index (Phi) is 32.9. The monoisotopic (exact) mass is 1040 g/mol. The number of methoxy groups -OCH3 is 2. The maximum absolute atomic E-state index is 12.1. The first kappa shape index (κ1) is 63.2. The number of hydrogen-bond donors (Lipinski definition) is 4. The van der Waals surface area contributed by atoms with Gasteiger partial charge in [-0.15, -0.1) is 0 Å². The van der Waals surface area contributed by atoms with Gasteiger partial charge < -0.3 is 48.9 Å². The van der Waals surface area contributed by atoms with Crippen molar-refractivity contribution >= 4 is 35.7 Å². The number of amides is 2. The lowest BCUT2D eigenvalue weighted by Gasteiger charge is -2.30. The Balaban J connectivity index is 0.000000263. The van der Waals surface area contributed by atoms with E-state index in [1.54, 1.807) is 0 Å². The summed E-state index contributed by atoms with van der Waals surface area (Å²) in [5.74, 6) is -1.54. The zero-order valence-electron chi connectivity index (χ0n) is 45.2. The fourth-order valence-electron chi connectivity index (χ4n) is 8.62. The van der Waals surface area contributed by atoms with E-state index in [1.807, 2.05) is 62.4 Å². The predicted octanol–water partition coefficient (Wildman–Crippen LogP) is 2.38. The van der Waals surface area contributed by atoms with Gasteiger partial charge in [0.25, 0.3) is 0 Å². The molecule has 0 aliphatic carbocycles. The van der Waals surface area contributed by atoms with Crippen LogP contribution >= 0.6 is 0 Å². The Morgan fingerprint density at radius 1 is 0.459 bits per heavy atom. The molecule has 4 unspecified atom stereocenters. The molecule has 2 amide bonds. The Hall–Kier alpha value is -5.06. The molecule has 0 bridgehead atoms. The molecule has 74 heavy (non-hydrogen) atoms. The summed E-state index contributed by atoms with van der Waals surface area (Å²) in [7, 11) is 2.66. The van der Waals surface area contributed by atoms with Crippen LogP contribution in [-0.2, 0) is 70.3 Å². The maximum Gasteiger partial charge on any atom is 0.329 e. The molecule has 416 valence electrons. The summed E-state index contributed by atoms with van der Waals surface area (Å²) < 4.78 is 30.2. The molecule has 2 aromatic rings. The van der Waals surface area contributed by atoms with Crippen LogP contribution in [0.3, 0.4) is 0 Å². The molecule has 4 aliphatic rings. The summed E-state index contributed by atoms with van der Waals surface area (Å²) in [6.07, 6.45) is 7.34. The smallest absolute Gasteiger partial charge is 0.329 e. The van der Waals surface area contributed by atoms with Gasteiger partial charge in [-0.05, 0) is 76.8 Å². The average molecular weight is 1040 g/mol. The molecule has 2 aromatic carbocycles. The van der Waals surface area contributed by atoms with E-state index in [9.17, 15) is 28.8 Å². The molecule has 20 heteroatoms. The number of hydrogen-bond acceptors (Lipinski definition) is 18. The number of morpholine rings is 2. The average Bonchev–Trinajstić information content (AvgIpc) is 3.42. The van der Waals surface area contributed by atoms with Gasteiger partial charge >= 0.3 is 23.9 Å². The minimum Gasteiger partial charge on any atom is -0.467 e. The van der Waals surface area contributed by atoms with Gasteiger partial charge in [0.1, 0.15) is 24.2 Å². The second kappa shape index (κ2) is 38.5. The number of carbonyl (C=O) groups excluding carboxylic acids is 6. The highest BCUT2D eigenvalue weighted by Crippen LogP contribution is 2.12. The standard InChI is InChI=1S/C17H26N2O2.C16H24N2O3.C11H20N2O3.C10H18N2O4/c1-2-21-17(20)16(14-19-11-7-4-8-12-19)18-13-15-9-5-3-6-10-15;1-2-21-16(19)15(13-18-8-10-20-11-9-18)17-12-14-6-4-3-5-7-14;1-9(14)12-10(11(15)16-2)8-13-6-4-3-5-7-13;1-8(13)11-9(10(14)15-2)7-12-3-5-16-6-4-12/h3,5-6,9-10,16,18H,2,4,7-8,11-14H2,1H3;3-7,15,17H,2,8-13H2,1H3;10H,3-8H2,1-2H3,(H,12,14);9H,3-7H2,1-2H3,(H,11,13). The first-order valence-electron chi connectivity index (χ1n) is 26.5. The van der Waals surface area contributed by atoms with E-state index in [2.05, 4.69) is 62.5 Å². The molecule has 4 atom stereocenters. The van der Waals surface area contributed by atoms with Crippen LogP contribution in [0.5, 0.6) is 0 Å². The van der Waals surface area contributed by atoms with Gasteiger partial charge in [-0.25, -0.2) is 9.59 Å². The second-order valence-corrected chi connectivity index (χ2v) is 18.4. The van der Waals surface area contributed by atoms with E-state index in [1.165, 1.54) is 59.3 Å². The summed E-state index contributed by atoms with van der Waals surface area (Å²) >= 11 is 0. The molecular formula is C54H88N8O12. The van der Waals surface area contributed by atoms with Crippen molar-refractivity contribution in [2.75, 3.05) is 132 Å². The molecule has 0 aromatic heterocycles. The zero-order valence-corrected chi connectivity index (χ0v) is 45.2. The van der Waals surface area contributed by atoms with Crippen molar-refractivity contribution in [2.24, 2.45) is 0 Å². The number of benzene rings is 2. The minimum absolute atomic E-state index is 0.140. The van der Waals surface area contributed by atoms with Crippen LogP contribution in [0.15, 0.2) is 60.7 Å². The van der Waals surface area contributed by atoms with Crippen molar-refractivity contribution in [3.63, 3.8) is 0 Å². The van der Waals surface area contributed by atoms with Crippen LogP contribution in [0, 0.1) is 0 Å².